The van der Waals surface area contributed by atoms with Crippen molar-refractivity contribution in [3.8, 4) is 17.4 Å². The number of nitrogens with one attached hydrogen (secondary N) is 1. The van der Waals surface area contributed by atoms with E-state index in [4.69, 9.17) is 14.2 Å². The Hall–Kier alpha value is -2.64. The smallest absolute Gasteiger partial charge is 0.213 e. The first kappa shape index (κ1) is 22.1. The van der Waals surface area contributed by atoms with Gasteiger partial charge in [-0.25, -0.2) is 9.37 Å². The molecule has 1 N–H and O–H groups in total. The van der Waals surface area contributed by atoms with E-state index in [0.29, 0.717) is 36.1 Å². The highest BCUT2D eigenvalue weighted by Crippen LogP contribution is 2.37. The van der Waals surface area contributed by atoms with Gasteiger partial charge in [-0.05, 0) is 58.7 Å². The van der Waals surface area contributed by atoms with Crippen LogP contribution in [0, 0.1) is 5.82 Å². The van der Waals surface area contributed by atoms with Crippen LogP contribution in [0.4, 0.5) is 4.39 Å². The quantitative estimate of drug-likeness (QED) is 0.390. The number of hydrogen-bond acceptors (Lipinski definition) is 5. The molecular weight excluding hydrogens is 451 g/mol. The van der Waals surface area contributed by atoms with Crippen molar-refractivity contribution in [3.63, 3.8) is 0 Å². The minimum atomic E-state index is -0.291. The molecule has 0 bridgehead atoms. The lowest BCUT2D eigenvalue weighted by Gasteiger charge is -2.15. The summed E-state index contributed by atoms with van der Waals surface area (Å²) >= 11 is 3.54. The molecule has 0 aliphatic heterocycles. The number of rotatable bonds is 11. The summed E-state index contributed by atoms with van der Waals surface area (Å²) < 4.78 is 31.5. The zero-order valence-corrected chi connectivity index (χ0v) is 18.3. The predicted molar refractivity (Wildman–Crippen MR) is 117 cm³/mol. The number of aromatic nitrogens is 1. The van der Waals surface area contributed by atoms with Crippen LogP contribution in [0.15, 0.2) is 65.3 Å². The van der Waals surface area contributed by atoms with Crippen molar-refractivity contribution in [1.29, 1.82) is 0 Å². The van der Waals surface area contributed by atoms with Crippen LogP contribution >= 0.6 is 15.9 Å². The fourth-order valence-corrected chi connectivity index (χ4v) is 3.42. The molecule has 0 unspecified atom stereocenters. The van der Waals surface area contributed by atoms with Gasteiger partial charge >= 0.3 is 0 Å². The highest BCUT2D eigenvalue weighted by atomic mass is 79.9. The maximum atomic E-state index is 13.8. The van der Waals surface area contributed by atoms with E-state index in [9.17, 15) is 4.39 Å². The Morgan fingerprint density at radius 2 is 1.90 bits per heavy atom. The van der Waals surface area contributed by atoms with E-state index in [1.165, 1.54) is 6.07 Å². The molecule has 7 heteroatoms. The summed E-state index contributed by atoms with van der Waals surface area (Å²) in [6, 6.07) is 16.0. The molecule has 5 nitrogen and oxygen atoms in total. The Labute approximate surface area is 184 Å². The number of ether oxygens (including phenoxy) is 3. The summed E-state index contributed by atoms with van der Waals surface area (Å²) in [6.45, 7) is 2.19. The van der Waals surface area contributed by atoms with Gasteiger partial charge < -0.3 is 19.5 Å². The second-order valence-electron chi connectivity index (χ2n) is 6.54. The third-order valence-corrected chi connectivity index (χ3v) is 4.92. The van der Waals surface area contributed by atoms with Gasteiger partial charge in [0.15, 0.2) is 11.5 Å². The first-order valence-electron chi connectivity index (χ1n) is 9.64. The van der Waals surface area contributed by atoms with E-state index >= 15 is 0 Å². The zero-order valence-electron chi connectivity index (χ0n) is 16.7. The van der Waals surface area contributed by atoms with Crippen LogP contribution < -0.4 is 19.5 Å². The van der Waals surface area contributed by atoms with E-state index in [1.54, 1.807) is 31.5 Å². The molecule has 3 aromatic rings. The minimum absolute atomic E-state index is 0.121. The number of pyridine rings is 1. The molecule has 0 amide bonds. The van der Waals surface area contributed by atoms with Gasteiger partial charge in [0.05, 0.1) is 18.2 Å². The molecular formula is C23H24BrFN2O3. The molecule has 0 fully saturated rings. The van der Waals surface area contributed by atoms with Gasteiger partial charge in [-0.3, -0.25) is 0 Å². The molecule has 0 atom stereocenters. The molecule has 0 aliphatic rings. The number of benzene rings is 2. The van der Waals surface area contributed by atoms with Gasteiger partial charge in [0.25, 0.3) is 0 Å². The topological polar surface area (TPSA) is 52.6 Å². The molecule has 0 spiro atoms. The molecule has 0 aliphatic carbocycles. The van der Waals surface area contributed by atoms with Crippen LogP contribution in [-0.4, -0.2) is 25.2 Å². The van der Waals surface area contributed by atoms with Crippen molar-refractivity contribution in [2.75, 3.05) is 20.3 Å². The van der Waals surface area contributed by atoms with Gasteiger partial charge in [0, 0.05) is 24.4 Å². The van der Waals surface area contributed by atoms with E-state index < -0.39 is 0 Å². The summed E-state index contributed by atoms with van der Waals surface area (Å²) in [5, 5.41) is 3.38. The second kappa shape index (κ2) is 11.5. The van der Waals surface area contributed by atoms with Crippen LogP contribution in [0.5, 0.6) is 17.4 Å². The van der Waals surface area contributed by atoms with Gasteiger partial charge in [-0.15, -0.1) is 0 Å². The molecule has 2 aromatic carbocycles. The minimum Gasteiger partial charge on any atom is -0.493 e. The standard InChI is InChI=1S/C23H24BrFN2O3/c1-28-21-14-17(15-26-10-6-12-29-22-9-4-5-11-27-22)13-19(24)23(21)30-16-18-7-2-3-8-20(18)25/h2-5,7-9,11,13-14,26H,6,10,12,15-16H2,1H3. The first-order chi connectivity index (χ1) is 14.7. The molecule has 30 heavy (non-hydrogen) atoms. The lowest BCUT2D eigenvalue weighted by Crippen LogP contribution is -2.17. The second-order valence-corrected chi connectivity index (χ2v) is 7.39. The summed E-state index contributed by atoms with van der Waals surface area (Å²) in [4.78, 5) is 4.13. The Morgan fingerprint density at radius 3 is 2.67 bits per heavy atom. The first-order valence-corrected chi connectivity index (χ1v) is 10.4. The third kappa shape index (κ3) is 6.43. The van der Waals surface area contributed by atoms with Crippen molar-refractivity contribution in [2.24, 2.45) is 0 Å². The monoisotopic (exact) mass is 474 g/mol. The Bertz CT molecular complexity index is 941. The van der Waals surface area contributed by atoms with Gasteiger partial charge in [0.2, 0.25) is 5.88 Å². The lowest BCUT2D eigenvalue weighted by atomic mass is 10.2. The maximum absolute atomic E-state index is 13.8. The van der Waals surface area contributed by atoms with E-state index in [-0.39, 0.29) is 12.4 Å². The molecule has 1 heterocycles. The van der Waals surface area contributed by atoms with Crippen LogP contribution in [0.25, 0.3) is 0 Å². The number of nitrogens with zero attached hydrogens (tertiary/aromatic N) is 1. The molecule has 0 saturated carbocycles. The molecule has 0 radical (unpaired) electrons. The zero-order chi connectivity index (χ0) is 21.2. The normalized spacial score (nSPS) is 10.6. The van der Waals surface area contributed by atoms with Gasteiger partial charge in [-0.1, -0.05) is 24.3 Å². The van der Waals surface area contributed by atoms with Crippen LogP contribution in [-0.2, 0) is 13.2 Å². The summed E-state index contributed by atoms with van der Waals surface area (Å²) in [6.07, 6.45) is 2.57. The SMILES string of the molecule is COc1cc(CNCCCOc2ccccn2)cc(Br)c1OCc1ccccc1F. The van der Waals surface area contributed by atoms with Crippen molar-refractivity contribution >= 4 is 15.9 Å². The van der Waals surface area contributed by atoms with Gasteiger partial charge in [0.1, 0.15) is 12.4 Å². The lowest BCUT2D eigenvalue weighted by molar-refractivity contribution is 0.277. The molecule has 3 rings (SSSR count). The highest BCUT2D eigenvalue weighted by molar-refractivity contribution is 9.10. The van der Waals surface area contributed by atoms with Crippen molar-refractivity contribution in [3.05, 3.63) is 82.2 Å². The third-order valence-electron chi connectivity index (χ3n) is 4.33. The number of methoxy groups -OCH3 is 1. The number of halogens is 2. The van der Waals surface area contributed by atoms with Gasteiger partial charge in [-0.2, -0.15) is 0 Å². The Morgan fingerprint density at radius 1 is 1.07 bits per heavy atom. The van der Waals surface area contributed by atoms with Crippen molar-refractivity contribution in [1.82, 2.24) is 10.3 Å². The number of hydrogen-bond donors (Lipinski definition) is 1. The maximum Gasteiger partial charge on any atom is 0.213 e. The van der Waals surface area contributed by atoms with Crippen LogP contribution in [0.2, 0.25) is 0 Å². The molecule has 158 valence electrons. The van der Waals surface area contributed by atoms with Crippen molar-refractivity contribution in [2.45, 2.75) is 19.6 Å². The fourth-order valence-electron chi connectivity index (χ4n) is 2.82. The van der Waals surface area contributed by atoms with E-state index in [1.807, 2.05) is 30.3 Å². The predicted octanol–water partition coefficient (Wildman–Crippen LogP) is 5.13. The molecule has 0 saturated heterocycles. The van der Waals surface area contributed by atoms with Crippen LogP contribution in [0.3, 0.4) is 0 Å². The fraction of sp³-hybridized carbons (Fsp3) is 0.261. The average molecular weight is 475 g/mol. The van der Waals surface area contributed by atoms with Crippen molar-refractivity contribution < 1.29 is 18.6 Å². The molecule has 1 aromatic heterocycles. The largest absolute Gasteiger partial charge is 0.493 e. The summed E-state index contributed by atoms with van der Waals surface area (Å²) in [7, 11) is 1.59. The van der Waals surface area contributed by atoms with E-state index in [2.05, 4.69) is 26.2 Å². The average Bonchev–Trinajstić information content (AvgIpc) is 2.77. The Balaban J connectivity index is 1.49. The van der Waals surface area contributed by atoms with Crippen LogP contribution in [0.1, 0.15) is 17.5 Å². The highest BCUT2D eigenvalue weighted by Gasteiger charge is 2.13. The van der Waals surface area contributed by atoms with E-state index in [0.717, 1.165) is 23.0 Å². The Kier molecular flexibility index (Phi) is 8.47. The summed E-state index contributed by atoms with van der Waals surface area (Å²) in [5.74, 6) is 1.49. The summed E-state index contributed by atoms with van der Waals surface area (Å²) in [5.41, 5.74) is 1.53.